The molecule has 2 atom stereocenters. The number of amides is 1. The van der Waals surface area contributed by atoms with Crippen LogP contribution in [0.2, 0.25) is 10.0 Å². The van der Waals surface area contributed by atoms with Crippen molar-refractivity contribution in [3.63, 3.8) is 0 Å². The normalized spacial score (nSPS) is 27.9. The first-order valence-electron chi connectivity index (χ1n) is 6.09. The summed E-state index contributed by atoms with van der Waals surface area (Å²) in [5, 5.41) is 1.18. The van der Waals surface area contributed by atoms with E-state index in [0.717, 1.165) is 18.4 Å². The van der Waals surface area contributed by atoms with Crippen LogP contribution in [0.3, 0.4) is 0 Å². The van der Waals surface area contributed by atoms with E-state index in [2.05, 4.69) is 0 Å². The number of hydrogen-bond donors (Lipinski definition) is 1. The zero-order chi connectivity index (χ0) is 12.9. The first-order chi connectivity index (χ1) is 8.58. The van der Waals surface area contributed by atoms with Crippen molar-refractivity contribution in [3.8, 4) is 0 Å². The highest BCUT2D eigenvalue weighted by Crippen LogP contribution is 2.43. The zero-order valence-electron chi connectivity index (χ0n) is 9.77. The maximum absolute atomic E-state index is 12.0. The molecule has 96 valence electrons. The van der Waals surface area contributed by atoms with E-state index in [9.17, 15) is 4.79 Å². The molecule has 0 bridgehead atoms. The highest BCUT2D eigenvalue weighted by atomic mass is 35.5. The van der Waals surface area contributed by atoms with Crippen molar-refractivity contribution in [1.82, 2.24) is 4.90 Å². The van der Waals surface area contributed by atoms with Gasteiger partial charge in [0.1, 0.15) is 0 Å². The Hall–Kier alpha value is -0.770. The van der Waals surface area contributed by atoms with Crippen LogP contribution < -0.4 is 5.73 Å². The fraction of sp³-hybridized carbons (Fsp3) is 0.462. The molecule has 1 aliphatic heterocycles. The van der Waals surface area contributed by atoms with Crippen LogP contribution in [0.4, 0.5) is 0 Å². The molecule has 1 aromatic carbocycles. The standard InChI is InChI=1S/C13H14Cl2N2O/c14-7-1-4-9(10(15)5-7)13-11(16)6-12(18)17(13)8-2-3-8/h1,4-5,8,11,13H,2-3,6,16H2. The summed E-state index contributed by atoms with van der Waals surface area (Å²) in [5.41, 5.74) is 7.02. The topological polar surface area (TPSA) is 46.3 Å². The van der Waals surface area contributed by atoms with Gasteiger partial charge in [0.2, 0.25) is 5.91 Å². The molecule has 1 aromatic rings. The summed E-state index contributed by atoms with van der Waals surface area (Å²) in [6.45, 7) is 0. The molecule has 18 heavy (non-hydrogen) atoms. The molecule has 2 unspecified atom stereocenters. The summed E-state index contributed by atoms with van der Waals surface area (Å²) < 4.78 is 0. The number of carbonyl (C=O) groups excluding carboxylic acids is 1. The van der Waals surface area contributed by atoms with Crippen molar-refractivity contribution in [2.75, 3.05) is 0 Å². The number of hydrogen-bond acceptors (Lipinski definition) is 2. The first kappa shape index (κ1) is 12.3. The quantitative estimate of drug-likeness (QED) is 0.908. The van der Waals surface area contributed by atoms with Crippen molar-refractivity contribution in [3.05, 3.63) is 33.8 Å². The van der Waals surface area contributed by atoms with Crippen LogP contribution in [-0.2, 0) is 4.79 Å². The molecule has 3 rings (SSSR count). The summed E-state index contributed by atoms with van der Waals surface area (Å²) in [6.07, 6.45) is 2.54. The number of nitrogens with zero attached hydrogens (tertiary/aromatic N) is 1. The lowest BCUT2D eigenvalue weighted by atomic mass is 10.0. The fourth-order valence-electron chi connectivity index (χ4n) is 2.69. The molecule has 2 aliphatic rings. The molecule has 5 heteroatoms. The van der Waals surface area contributed by atoms with Crippen molar-refractivity contribution in [1.29, 1.82) is 0 Å². The van der Waals surface area contributed by atoms with Crippen molar-refractivity contribution in [2.24, 2.45) is 5.73 Å². The molecule has 2 N–H and O–H groups in total. The largest absolute Gasteiger partial charge is 0.331 e. The van der Waals surface area contributed by atoms with Gasteiger partial charge in [-0.1, -0.05) is 29.3 Å². The van der Waals surface area contributed by atoms with Gasteiger partial charge in [0.25, 0.3) is 0 Å². The minimum atomic E-state index is -0.184. The Morgan fingerprint density at radius 3 is 2.61 bits per heavy atom. The van der Waals surface area contributed by atoms with Gasteiger partial charge in [0, 0.05) is 28.5 Å². The van der Waals surface area contributed by atoms with Gasteiger partial charge < -0.3 is 10.6 Å². The third kappa shape index (κ3) is 2.00. The van der Waals surface area contributed by atoms with E-state index >= 15 is 0 Å². The molecule has 1 saturated heterocycles. The van der Waals surface area contributed by atoms with E-state index in [1.807, 2.05) is 11.0 Å². The maximum atomic E-state index is 12.0. The molecular weight excluding hydrogens is 271 g/mol. The Labute approximate surface area is 116 Å². The molecule has 1 aliphatic carbocycles. The van der Waals surface area contributed by atoms with Crippen molar-refractivity contribution >= 4 is 29.1 Å². The third-order valence-electron chi connectivity index (χ3n) is 3.62. The summed E-state index contributed by atoms with van der Waals surface area (Å²) in [5.74, 6) is 0.140. The highest BCUT2D eigenvalue weighted by Gasteiger charge is 2.46. The molecule has 2 fully saturated rings. The van der Waals surface area contributed by atoms with Gasteiger partial charge in [-0.05, 0) is 30.5 Å². The minimum absolute atomic E-state index is 0.102. The van der Waals surface area contributed by atoms with E-state index in [0.29, 0.717) is 22.5 Å². The number of carbonyl (C=O) groups is 1. The number of halogens is 2. The van der Waals surface area contributed by atoms with Crippen LogP contribution >= 0.6 is 23.2 Å². The number of likely N-dealkylation sites (tertiary alicyclic amines) is 1. The Bertz CT molecular complexity index is 502. The molecule has 3 nitrogen and oxygen atoms in total. The van der Waals surface area contributed by atoms with Crippen LogP contribution in [0.1, 0.15) is 30.9 Å². The number of nitrogens with two attached hydrogens (primary N) is 1. The number of benzene rings is 1. The van der Waals surface area contributed by atoms with Crippen LogP contribution in [-0.4, -0.2) is 22.9 Å². The Morgan fingerprint density at radius 1 is 1.28 bits per heavy atom. The average molecular weight is 285 g/mol. The Morgan fingerprint density at radius 2 is 2.00 bits per heavy atom. The summed E-state index contributed by atoms with van der Waals surface area (Å²) in [7, 11) is 0. The first-order valence-corrected chi connectivity index (χ1v) is 6.85. The van der Waals surface area contributed by atoms with E-state index in [-0.39, 0.29) is 18.0 Å². The molecule has 1 amide bonds. The Kier molecular flexibility index (Phi) is 3.00. The summed E-state index contributed by atoms with van der Waals surface area (Å²) in [6, 6.07) is 5.44. The number of rotatable bonds is 2. The lowest BCUT2D eigenvalue weighted by molar-refractivity contribution is -0.129. The Balaban J connectivity index is 2.00. The molecule has 0 radical (unpaired) electrons. The molecule has 1 saturated carbocycles. The van der Waals surface area contributed by atoms with Gasteiger partial charge in [0.15, 0.2) is 0 Å². The highest BCUT2D eigenvalue weighted by molar-refractivity contribution is 6.35. The fourth-order valence-corrected chi connectivity index (χ4v) is 3.21. The van der Waals surface area contributed by atoms with E-state index < -0.39 is 0 Å². The minimum Gasteiger partial charge on any atom is -0.331 e. The van der Waals surface area contributed by atoms with Gasteiger partial charge >= 0.3 is 0 Å². The lowest BCUT2D eigenvalue weighted by Crippen LogP contribution is -2.34. The van der Waals surface area contributed by atoms with Gasteiger partial charge in [-0.3, -0.25) is 4.79 Å². The molecule has 0 spiro atoms. The summed E-state index contributed by atoms with van der Waals surface area (Å²) >= 11 is 12.1. The third-order valence-corrected chi connectivity index (χ3v) is 4.19. The van der Waals surface area contributed by atoms with Crippen LogP contribution in [0.25, 0.3) is 0 Å². The van der Waals surface area contributed by atoms with Crippen molar-refractivity contribution < 1.29 is 4.79 Å². The second-order valence-corrected chi connectivity index (χ2v) is 5.85. The predicted molar refractivity (Wildman–Crippen MR) is 71.7 cm³/mol. The van der Waals surface area contributed by atoms with Crippen LogP contribution in [0, 0.1) is 0 Å². The predicted octanol–water partition coefficient (Wildman–Crippen LogP) is 2.76. The average Bonchev–Trinajstić information content (AvgIpc) is 3.06. The van der Waals surface area contributed by atoms with Crippen LogP contribution in [0.5, 0.6) is 0 Å². The molecule has 0 aromatic heterocycles. The second-order valence-electron chi connectivity index (χ2n) is 5.01. The molecule has 1 heterocycles. The molecular formula is C13H14Cl2N2O. The van der Waals surface area contributed by atoms with Gasteiger partial charge in [0.05, 0.1) is 6.04 Å². The summed E-state index contributed by atoms with van der Waals surface area (Å²) in [4.78, 5) is 13.9. The maximum Gasteiger partial charge on any atom is 0.225 e. The van der Waals surface area contributed by atoms with Gasteiger partial charge in [-0.25, -0.2) is 0 Å². The van der Waals surface area contributed by atoms with E-state index in [1.165, 1.54) is 0 Å². The van der Waals surface area contributed by atoms with Gasteiger partial charge in [-0.15, -0.1) is 0 Å². The van der Waals surface area contributed by atoms with Crippen molar-refractivity contribution in [2.45, 2.75) is 37.4 Å². The smallest absolute Gasteiger partial charge is 0.225 e. The lowest BCUT2D eigenvalue weighted by Gasteiger charge is -2.28. The van der Waals surface area contributed by atoms with Gasteiger partial charge in [-0.2, -0.15) is 0 Å². The monoisotopic (exact) mass is 284 g/mol. The van der Waals surface area contributed by atoms with E-state index in [4.69, 9.17) is 28.9 Å². The SMILES string of the molecule is NC1CC(=O)N(C2CC2)C1c1ccc(Cl)cc1Cl. The van der Waals surface area contributed by atoms with E-state index in [1.54, 1.807) is 12.1 Å². The second kappa shape index (κ2) is 4.41. The van der Waals surface area contributed by atoms with Crippen LogP contribution in [0.15, 0.2) is 18.2 Å². The zero-order valence-corrected chi connectivity index (χ0v) is 11.3.